The fourth-order valence-corrected chi connectivity index (χ4v) is 4.30. The zero-order valence-corrected chi connectivity index (χ0v) is 27.4. The van der Waals surface area contributed by atoms with E-state index in [1.807, 2.05) is 13.8 Å². The van der Waals surface area contributed by atoms with Crippen LogP contribution in [0.1, 0.15) is 45.0 Å². The van der Waals surface area contributed by atoms with Crippen LogP contribution >= 0.6 is 0 Å². The first-order valence-electron chi connectivity index (χ1n) is 14.7. The zero-order valence-electron chi connectivity index (χ0n) is 27.4. The fourth-order valence-electron chi connectivity index (χ4n) is 4.30. The second kappa shape index (κ2) is 16.3. The van der Waals surface area contributed by atoms with Crippen LogP contribution in [0.3, 0.4) is 0 Å². The summed E-state index contributed by atoms with van der Waals surface area (Å²) >= 11 is 0. The molecule has 0 bridgehead atoms. The number of methoxy groups -OCH3 is 1. The Labute approximate surface area is 263 Å². The lowest BCUT2D eigenvalue weighted by atomic mass is 10.1. The van der Waals surface area contributed by atoms with Gasteiger partial charge in [0.15, 0.2) is 0 Å². The molecule has 13 heteroatoms. The van der Waals surface area contributed by atoms with Crippen LogP contribution in [0.25, 0.3) is 11.0 Å². The molecule has 45 heavy (non-hydrogen) atoms. The van der Waals surface area contributed by atoms with Crippen molar-refractivity contribution in [3.63, 3.8) is 0 Å². The molecule has 0 aliphatic carbocycles. The molecule has 0 saturated carbocycles. The van der Waals surface area contributed by atoms with E-state index in [1.165, 1.54) is 16.2 Å². The van der Waals surface area contributed by atoms with Crippen LogP contribution in [-0.4, -0.2) is 86.1 Å². The molecule has 1 aromatic heterocycles. The monoisotopic (exact) mass is 631 g/mol. The SMILES string of the molecule is COc1cc(OCCOCCOCCOCC(=O)OC(C)(C)C)ccc1C(=O)Nc1cc2c(cc1OC(C)C)n(C)c(=O)n2C. The van der Waals surface area contributed by atoms with Crippen molar-refractivity contribution in [1.29, 1.82) is 0 Å². The fraction of sp³-hybridized carbons (Fsp3) is 0.531. The molecular formula is C32H45N3O10. The molecule has 3 aromatic rings. The lowest BCUT2D eigenvalue weighted by Gasteiger charge is -2.19. The Balaban J connectivity index is 1.46. The minimum atomic E-state index is -0.540. The van der Waals surface area contributed by atoms with E-state index in [0.717, 1.165) is 0 Å². The number of ether oxygens (including phenoxy) is 7. The van der Waals surface area contributed by atoms with Crippen LogP contribution in [0.4, 0.5) is 5.69 Å². The molecule has 1 amide bonds. The van der Waals surface area contributed by atoms with Crippen molar-refractivity contribution >= 4 is 28.6 Å². The predicted molar refractivity (Wildman–Crippen MR) is 169 cm³/mol. The molecule has 3 rings (SSSR count). The number of anilines is 1. The van der Waals surface area contributed by atoms with Gasteiger partial charge in [-0.1, -0.05) is 0 Å². The molecule has 1 N–H and O–H groups in total. The van der Waals surface area contributed by atoms with Crippen molar-refractivity contribution < 1.29 is 42.7 Å². The Morgan fingerprint density at radius 3 is 2.04 bits per heavy atom. The van der Waals surface area contributed by atoms with E-state index in [2.05, 4.69) is 5.32 Å². The third-order valence-corrected chi connectivity index (χ3v) is 6.28. The van der Waals surface area contributed by atoms with Crippen LogP contribution in [0.2, 0.25) is 0 Å². The van der Waals surface area contributed by atoms with Crippen molar-refractivity contribution in [2.75, 3.05) is 58.7 Å². The quantitative estimate of drug-likeness (QED) is 0.173. The number of nitrogens with zero attached hydrogens (tertiary/aromatic N) is 2. The van der Waals surface area contributed by atoms with E-state index in [-0.39, 0.29) is 31.6 Å². The molecule has 2 aromatic carbocycles. The van der Waals surface area contributed by atoms with E-state index in [4.69, 9.17) is 33.2 Å². The van der Waals surface area contributed by atoms with Gasteiger partial charge in [-0.25, -0.2) is 9.59 Å². The van der Waals surface area contributed by atoms with Crippen LogP contribution in [0.15, 0.2) is 35.1 Å². The van der Waals surface area contributed by atoms with Crippen molar-refractivity contribution in [3.05, 3.63) is 46.4 Å². The normalized spacial score (nSPS) is 11.6. The van der Waals surface area contributed by atoms with Gasteiger partial charge in [-0.2, -0.15) is 0 Å². The summed E-state index contributed by atoms with van der Waals surface area (Å²) in [7, 11) is 4.84. The predicted octanol–water partition coefficient (Wildman–Crippen LogP) is 3.70. The molecule has 0 unspecified atom stereocenters. The van der Waals surface area contributed by atoms with Gasteiger partial charge in [0.2, 0.25) is 0 Å². The smallest absolute Gasteiger partial charge is 0.332 e. The number of nitrogens with one attached hydrogen (secondary N) is 1. The average Bonchev–Trinajstić information content (AvgIpc) is 3.17. The summed E-state index contributed by atoms with van der Waals surface area (Å²) in [5, 5.41) is 2.91. The number of hydrogen-bond acceptors (Lipinski definition) is 10. The maximum atomic E-state index is 13.3. The van der Waals surface area contributed by atoms with Gasteiger partial charge in [0.1, 0.15) is 36.1 Å². The summed E-state index contributed by atoms with van der Waals surface area (Å²) in [5.74, 6) is 0.458. The van der Waals surface area contributed by atoms with Gasteiger partial charge in [-0.05, 0) is 52.8 Å². The van der Waals surface area contributed by atoms with Crippen LogP contribution in [0, 0.1) is 0 Å². The third-order valence-electron chi connectivity index (χ3n) is 6.28. The minimum absolute atomic E-state index is 0.118. The summed E-state index contributed by atoms with van der Waals surface area (Å²) in [6.45, 7) is 11.0. The molecule has 0 atom stereocenters. The lowest BCUT2D eigenvalue weighted by molar-refractivity contribution is -0.160. The number of benzene rings is 2. The highest BCUT2D eigenvalue weighted by molar-refractivity contribution is 6.08. The Morgan fingerprint density at radius 2 is 1.44 bits per heavy atom. The first-order chi connectivity index (χ1) is 21.3. The van der Waals surface area contributed by atoms with E-state index in [1.54, 1.807) is 65.2 Å². The number of hydrogen-bond donors (Lipinski definition) is 1. The topological polar surface area (TPSA) is 138 Å². The minimum Gasteiger partial charge on any atom is -0.496 e. The summed E-state index contributed by atoms with van der Waals surface area (Å²) in [6, 6.07) is 8.39. The van der Waals surface area contributed by atoms with Gasteiger partial charge < -0.3 is 38.5 Å². The largest absolute Gasteiger partial charge is 0.496 e. The average molecular weight is 632 g/mol. The lowest BCUT2D eigenvalue weighted by Crippen LogP contribution is -2.27. The van der Waals surface area contributed by atoms with Crippen molar-refractivity contribution in [1.82, 2.24) is 9.13 Å². The van der Waals surface area contributed by atoms with Crippen LogP contribution in [-0.2, 0) is 37.8 Å². The van der Waals surface area contributed by atoms with E-state index in [9.17, 15) is 14.4 Å². The van der Waals surface area contributed by atoms with Gasteiger partial charge in [0.05, 0.1) is 68.5 Å². The first-order valence-corrected chi connectivity index (χ1v) is 14.7. The van der Waals surface area contributed by atoms with Gasteiger partial charge in [-0.3, -0.25) is 13.9 Å². The Kier molecular flexibility index (Phi) is 12.8. The summed E-state index contributed by atoms with van der Waals surface area (Å²) in [6.07, 6.45) is -0.154. The van der Waals surface area contributed by atoms with E-state index < -0.39 is 17.5 Å². The highest BCUT2D eigenvalue weighted by Crippen LogP contribution is 2.32. The third kappa shape index (κ3) is 10.5. The molecule has 0 aliphatic heterocycles. The van der Waals surface area contributed by atoms with E-state index in [0.29, 0.717) is 66.0 Å². The number of amides is 1. The van der Waals surface area contributed by atoms with Gasteiger partial charge >= 0.3 is 11.7 Å². The zero-order chi connectivity index (χ0) is 33.1. The van der Waals surface area contributed by atoms with E-state index >= 15 is 0 Å². The highest BCUT2D eigenvalue weighted by atomic mass is 16.6. The molecule has 13 nitrogen and oxygen atoms in total. The van der Waals surface area contributed by atoms with Crippen LogP contribution < -0.4 is 25.2 Å². The summed E-state index contributed by atoms with van der Waals surface area (Å²) in [5.41, 5.74) is 1.35. The Hall–Kier alpha value is -4.07. The Morgan fingerprint density at radius 1 is 0.844 bits per heavy atom. The number of rotatable bonds is 17. The number of carbonyl (C=O) groups excluding carboxylic acids is 2. The number of carbonyl (C=O) groups is 2. The number of fused-ring (bicyclic) bond motifs is 1. The number of aryl methyl sites for hydroxylation is 2. The van der Waals surface area contributed by atoms with Crippen molar-refractivity contribution in [2.24, 2.45) is 14.1 Å². The molecule has 0 fully saturated rings. The van der Waals surface area contributed by atoms with Gasteiger partial charge in [-0.15, -0.1) is 0 Å². The van der Waals surface area contributed by atoms with Gasteiger partial charge in [0.25, 0.3) is 5.91 Å². The maximum absolute atomic E-state index is 13.3. The molecule has 1 heterocycles. The molecule has 0 spiro atoms. The molecule has 0 radical (unpaired) electrons. The number of imidazole rings is 1. The number of esters is 1. The van der Waals surface area contributed by atoms with Crippen LogP contribution in [0.5, 0.6) is 17.2 Å². The highest BCUT2D eigenvalue weighted by Gasteiger charge is 2.20. The molecule has 0 saturated heterocycles. The molecule has 0 aliphatic rings. The maximum Gasteiger partial charge on any atom is 0.332 e. The summed E-state index contributed by atoms with van der Waals surface area (Å²) < 4.78 is 41.6. The second-order valence-corrected chi connectivity index (χ2v) is 11.4. The number of aromatic nitrogens is 2. The second-order valence-electron chi connectivity index (χ2n) is 11.4. The van der Waals surface area contributed by atoms with Crippen molar-refractivity contribution in [3.8, 4) is 17.2 Å². The first kappa shape index (κ1) is 35.4. The molecule has 248 valence electrons. The molecular weight excluding hydrogens is 586 g/mol. The van der Waals surface area contributed by atoms with Gasteiger partial charge in [0, 0.05) is 26.2 Å². The summed E-state index contributed by atoms with van der Waals surface area (Å²) in [4.78, 5) is 37.4. The van der Waals surface area contributed by atoms with Crippen molar-refractivity contribution in [2.45, 2.75) is 46.3 Å². The standard InChI is InChI=1S/C32H45N3O10/c1-21(2)44-28-19-26-25(34(6)31(38)35(26)7)18-24(28)33-30(37)23-10-9-22(17-27(23)39-8)43-16-15-41-12-11-40-13-14-42-20-29(36)45-32(3,4)5/h9-10,17-19,21H,11-16,20H2,1-8H3,(H,33,37). The Bertz CT molecular complexity index is 1500.